The number of nitrogens with one attached hydrogen (secondary N) is 1. The van der Waals surface area contributed by atoms with Crippen molar-refractivity contribution in [2.45, 2.75) is 18.9 Å². The maximum Gasteiger partial charge on any atom is 0.321 e. The highest BCUT2D eigenvalue weighted by Gasteiger charge is 2.19. The number of hydrogen-bond donors (Lipinski definition) is 3. The molecule has 0 amide bonds. The van der Waals surface area contributed by atoms with Gasteiger partial charge in [-0.15, -0.1) is 11.3 Å². The molecule has 1 heterocycles. The van der Waals surface area contributed by atoms with E-state index < -0.39 is 24.4 Å². The Hall–Kier alpha value is -1.40. The average Bonchev–Trinajstić information content (AvgIpc) is 2.68. The lowest BCUT2D eigenvalue weighted by Gasteiger charge is -2.11. The molecule has 16 heavy (non-hydrogen) atoms. The van der Waals surface area contributed by atoms with Gasteiger partial charge < -0.3 is 15.5 Å². The molecule has 1 unspecified atom stereocenters. The smallest absolute Gasteiger partial charge is 0.321 e. The molecule has 0 radical (unpaired) electrons. The molecule has 1 rings (SSSR count). The van der Waals surface area contributed by atoms with Gasteiger partial charge in [-0.25, -0.2) is 0 Å². The molecule has 5 nitrogen and oxygen atoms in total. The van der Waals surface area contributed by atoms with Crippen molar-refractivity contribution in [1.82, 2.24) is 5.32 Å². The number of hydrogen-bond acceptors (Lipinski definition) is 4. The summed E-state index contributed by atoms with van der Waals surface area (Å²) in [5, 5.41) is 21.9. The Morgan fingerprint density at radius 3 is 2.69 bits per heavy atom. The topological polar surface area (TPSA) is 86.6 Å². The van der Waals surface area contributed by atoms with Crippen LogP contribution < -0.4 is 5.32 Å². The molecule has 0 aliphatic carbocycles. The van der Waals surface area contributed by atoms with E-state index >= 15 is 0 Å². The second kappa shape index (κ2) is 6.24. The maximum absolute atomic E-state index is 10.7. The summed E-state index contributed by atoms with van der Waals surface area (Å²) >= 11 is 1.59. The minimum Gasteiger partial charge on any atom is -0.481 e. The van der Waals surface area contributed by atoms with Crippen molar-refractivity contribution in [1.29, 1.82) is 0 Å². The van der Waals surface area contributed by atoms with E-state index in [-0.39, 0.29) is 0 Å². The maximum atomic E-state index is 10.7. The Labute approximate surface area is 96.7 Å². The van der Waals surface area contributed by atoms with Crippen LogP contribution in [0.5, 0.6) is 0 Å². The van der Waals surface area contributed by atoms with Gasteiger partial charge >= 0.3 is 11.9 Å². The first-order valence-corrected chi connectivity index (χ1v) is 5.68. The van der Waals surface area contributed by atoms with Gasteiger partial charge in [0.2, 0.25) is 0 Å². The standard InChI is InChI=1S/C10H13NO4S/c12-9(13)6-8(10(14)15)11-4-3-7-2-1-5-16-7/h1-2,5,8,11H,3-4,6H2,(H,12,13)(H,14,15). The summed E-state index contributed by atoms with van der Waals surface area (Å²) in [4.78, 5) is 22.3. The Kier molecular flexibility index (Phi) is 4.94. The summed E-state index contributed by atoms with van der Waals surface area (Å²) in [6.45, 7) is 0.463. The van der Waals surface area contributed by atoms with Crippen LogP contribution in [0.25, 0.3) is 0 Å². The quantitative estimate of drug-likeness (QED) is 0.659. The summed E-state index contributed by atoms with van der Waals surface area (Å²) in [5.74, 6) is -2.25. The number of carboxylic acid groups (broad SMARTS) is 2. The fraction of sp³-hybridized carbons (Fsp3) is 0.400. The third-order valence-corrected chi connectivity index (χ3v) is 2.96. The van der Waals surface area contributed by atoms with Crippen LogP contribution in [0.1, 0.15) is 11.3 Å². The molecule has 0 saturated carbocycles. The second-order valence-corrected chi connectivity index (χ2v) is 4.30. The van der Waals surface area contributed by atoms with Crippen LogP contribution in [0, 0.1) is 0 Å². The molecule has 6 heteroatoms. The molecule has 0 aromatic carbocycles. The number of carbonyl (C=O) groups is 2. The molecular weight excluding hydrogens is 230 g/mol. The SMILES string of the molecule is O=C(O)CC(NCCc1cccs1)C(=O)O. The zero-order valence-corrected chi connectivity index (χ0v) is 9.37. The Balaban J connectivity index is 2.32. The van der Waals surface area contributed by atoms with Gasteiger partial charge in [0.15, 0.2) is 0 Å². The lowest BCUT2D eigenvalue weighted by atomic mass is 10.2. The minimum absolute atomic E-state index is 0.403. The largest absolute Gasteiger partial charge is 0.481 e. The van der Waals surface area contributed by atoms with Crippen molar-refractivity contribution in [3.8, 4) is 0 Å². The van der Waals surface area contributed by atoms with Crippen molar-refractivity contribution in [3.63, 3.8) is 0 Å². The molecule has 88 valence electrons. The third kappa shape index (κ3) is 4.41. The van der Waals surface area contributed by atoms with E-state index in [0.717, 1.165) is 4.88 Å². The van der Waals surface area contributed by atoms with Gasteiger partial charge in [0.1, 0.15) is 6.04 Å². The summed E-state index contributed by atoms with van der Waals surface area (Å²) in [5.41, 5.74) is 0. The second-order valence-electron chi connectivity index (χ2n) is 3.27. The van der Waals surface area contributed by atoms with Gasteiger partial charge in [0.05, 0.1) is 6.42 Å². The van der Waals surface area contributed by atoms with Crippen LogP contribution in [-0.4, -0.2) is 34.7 Å². The lowest BCUT2D eigenvalue weighted by molar-refractivity contribution is -0.145. The van der Waals surface area contributed by atoms with Crippen molar-refractivity contribution >= 4 is 23.3 Å². The lowest BCUT2D eigenvalue weighted by Crippen LogP contribution is -2.39. The number of carboxylic acids is 2. The van der Waals surface area contributed by atoms with Gasteiger partial charge in [-0.3, -0.25) is 9.59 Å². The minimum atomic E-state index is -1.13. The van der Waals surface area contributed by atoms with Crippen LogP contribution >= 0.6 is 11.3 Å². The van der Waals surface area contributed by atoms with Gasteiger partial charge in [-0.2, -0.15) is 0 Å². The monoisotopic (exact) mass is 243 g/mol. The van der Waals surface area contributed by atoms with Crippen LogP contribution in [0.15, 0.2) is 17.5 Å². The molecule has 0 fully saturated rings. The molecule has 0 aliphatic heterocycles. The van der Waals surface area contributed by atoms with Crippen molar-refractivity contribution in [2.75, 3.05) is 6.54 Å². The van der Waals surface area contributed by atoms with E-state index in [1.54, 1.807) is 11.3 Å². The van der Waals surface area contributed by atoms with Crippen LogP contribution in [-0.2, 0) is 16.0 Å². The molecule has 0 saturated heterocycles. The van der Waals surface area contributed by atoms with E-state index in [9.17, 15) is 9.59 Å². The Bertz CT molecular complexity index is 350. The van der Waals surface area contributed by atoms with E-state index in [4.69, 9.17) is 10.2 Å². The van der Waals surface area contributed by atoms with Crippen LogP contribution in [0.3, 0.4) is 0 Å². The highest BCUT2D eigenvalue weighted by atomic mass is 32.1. The van der Waals surface area contributed by atoms with Crippen LogP contribution in [0.4, 0.5) is 0 Å². The number of rotatable bonds is 7. The summed E-state index contributed by atoms with van der Waals surface area (Å²) in [7, 11) is 0. The zero-order valence-electron chi connectivity index (χ0n) is 8.55. The molecule has 1 atom stereocenters. The van der Waals surface area contributed by atoms with Crippen molar-refractivity contribution in [2.24, 2.45) is 0 Å². The van der Waals surface area contributed by atoms with Crippen molar-refractivity contribution < 1.29 is 19.8 Å². The van der Waals surface area contributed by atoms with E-state index in [1.165, 1.54) is 0 Å². The van der Waals surface area contributed by atoms with Gasteiger partial charge in [-0.05, 0) is 17.9 Å². The highest BCUT2D eigenvalue weighted by molar-refractivity contribution is 7.09. The third-order valence-electron chi connectivity index (χ3n) is 2.02. The molecule has 0 spiro atoms. The predicted molar refractivity (Wildman–Crippen MR) is 59.7 cm³/mol. The molecule has 1 aromatic heterocycles. The predicted octanol–water partition coefficient (Wildman–Crippen LogP) is 0.808. The average molecular weight is 243 g/mol. The molecular formula is C10H13NO4S. The summed E-state index contributed by atoms with van der Waals surface area (Å²) in [6.07, 6.45) is 0.306. The van der Waals surface area contributed by atoms with E-state index in [2.05, 4.69) is 5.32 Å². The molecule has 1 aromatic rings. The Morgan fingerprint density at radius 2 is 2.19 bits per heavy atom. The first-order chi connectivity index (χ1) is 7.59. The first kappa shape index (κ1) is 12.7. The van der Waals surface area contributed by atoms with Crippen LogP contribution in [0.2, 0.25) is 0 Å². The molecule has 3 N–H and O–H groups in total. The van der Waals surface area contributed by atoms with Gasteiger partial charge in [0, 0.05) is 11.4 Å². The van der Waals surface area contributed by atoms with Crippen molar-refractivity contribution in [3.05, 3.63) is 22.4 Å². The van der Waals surface area contributed by atoms with E-state index in [0.29, 0.717) is 13.0 Å². The van der Waals surface area contributed by atoms with Gasteiger partial charge in [-0.1, -0.05) is 6.07 Å². The fourth-order valence-electron chi connectivity index (χ4n) is 1.25. The fourth-order valence-corrected chi connectivity index (χ4v) is 1.95. The first-order valence-electron chi connectivity index (χ1n) is 4.80. The van der Waals surface area contributed by atoms with E-state index in [1.807, 2.05) is 17.5 Å². The number of aliphatic carboxylic acids is 2. The Morgan fingerprint density at radius 1 is 1.44 bits per heavy atom. The molecule has 0 bridgehead atoms. The number of thiophene rings is 1. The molecule has 0 aliphatic rings. The summed E-state index contributed by atoms with van der Waals surface area (Å²) < 4.78 is 0. The normalized spacial score (nSPS) is 12.2. The zero-order chi connectivity index (χ0) is 12.0. The summed E-state index contributed by atoms with van der Waals surface area (Å²) in [6, 6.07) is 2.86. The van der Waals surface area contributed by atoms with Gasteiger partial charge in [0.25, 0.3) is 0 Å². The highest BCUT2D eigenvalue weighted by Crippen LogP contribution is 2.08.